The summed E-state index contributed by atoms with van der Waals surface area (Å²) in [4.78, 5) is 12.1. The van der Waals surface area contributed by atoms with E-state index in [1.807, 2.05) is 6.92 Å². The van der Waals surface area contributed by atoms with E-state index in [1.54, 1.807) is 36.6 Å². The third-order valence-corrected chi connectivity index (χ3v) is 4.14. The van der Waals surface area contributed by atoms with Crippen LogP contribution in [-0.2, 0) is 0 Å². The number of halogens is 1. The summed E-state index contributed by atoms with van der Waals surface area (Å²) in [5.74, 6) is 1.16. The van der Waals surface area contributed by atoms with Crippen molar-refractivity contribution < 1.29 is 13.6 Å². The summed E-state index contributed by atoms with van der Waals surface area (Å²) in [6.07, 6.45) is 1.56. The molecule has 22 heavy (non-hydrogen) atoms. The van der Waals surface area contributed by atoms with Crippen LogP contribution in [0.4, 0.5) is 0 Å². The van der Waals surface area contributed by atoms with Gasteiger partial charge in [0.2, 0.25) is 0 Å². The smallest absolute Gasteiger partial charge is 0.277 e. The first-order valence-corrected chi connectivity index (χ1v) is 7.80. The van der Waals surface area contributed by atoms with Crippen molar-refractivity contribution in [1.29, 1.82) is 0 Å². The summed E-state index contributed by atoms with van der Waals surface area (Å²) in [7, 11) is 0. The Bertz CT molecular complexity index is 812. The molecule has 0 aliphatic rings. The van der Waals surface area contributed by atoms with Crippen LogP contribution >= 0.6 is 23.4 Å². The highest BCUT2D eigenvalue weighted by Gasteiger charge is 2.15. The van der Waals surface area contributed by atoms with Crippen molar-refractivity contribution >= 4 is 29.1 Å². The second-order valence-corrected chi connectivity index (χ2v) is 5.79. The fourth-order valence-electron chi connectivity index (χ4n) is 1.88. The molecule has 0 fully saturated rings. The first-order valence-electron chi connectivity index (χ1n) is 6.43. The van der Waals surface area contributed by atoms with Gasteiger partial charge in [-0.1, -0.05) is 35.5 Å². The quantitative estimate of drug-likeness (QED) is 0.512. The Morgan fingerprint density at radius 2 is 2.09 bits per heavy atom. The minimum atomic E-state index is -0.0881. The van der Waals surface area contributed by atoms with E-state index in [1.165, 1.54) is 11.8 Å². The van der Waals surface area contributed by atoms with E-state index in [9.17, 15) is 4.79 Å². The first-order chi connectivity index (χ1) is 10.6. The normalized spacial score (nSPS) is 10.8. The molecule has 0 saturated heterocycles. The zero-order valence-corrected chi connectivity index (χ0v) is 13.1. The molecule has 0 unspecified atom stereocenters. The van der Waals surface area contributed by atoms with Crippen molar-refractivity contribution in [3.05, 3.63) is 52.9 Å². The molecule has 0 aliphatic heterocycles. The highest BCUT2D eigenvalue weighted by Crippen LogP contribution is 2.27. The number of thioether (sulfide) groups is 1. The monoisotopic (exact) mass is 334 g/mol. The Morgan fingerprint density at radius 3 is 2.82 bits per heavy atom. The molecule has 3 rings (SSSR count). The van der Waals surface area contributed by atoms with Gasteiger partial charge in [0.15, 0.2) is 5.78 Å². The minimum absolute atomic E-state index is 0.0881. The maximum Gasteiger partial charge on any atom is 0.277 e. The number of furan rings is 1. The highest BCUT2D eigenvalue weighted by molar-refractivity contribution is 7.99. The predicted molar refractivity (Wildman–Crippen MR) is 83.2 cm³/mol. The van der Waals surface area contributed by atoms with Crippen LogP contribution in [0.25, 0.3) is 11.5 Å². The Hall–Kier alpha value is -2.05. The van der Waals surface area contributed by atoms with E-state index >= 15 is 0 Å². The second kappa shape index (κ2) is 6.37. The fraction of sp³-hybridized carbons (Fsp3) is 0.133. The number of Topliss-reactive ketones (excluding diaryl/α,β-unsaturated/α-hetero) is 1. The lowest BCUT2D eigenvalue weighted by Gasteiger charge is -2.00. The number of benzene rings is 1. The van der Waals surface area contributed by atoms with E-state index in [4.69, 9.17) is 20.4 Å². The van der Waals surface area contributed by atoms with Gasteiger partial charge >= 0.3 is 0 Å². The third-order valence-electron chi connectivity index (χ3n) is 3.00. The summed E-state index contributed by atoms with van der Waals surface area (Å²) in [6.45, 7) is 1.81. The van der Waals surface area contributed by atoms with Gasteiger partial charge in [-0.05, 0) is 25.1 Å². The van der Waals surface area contributed by atoms with Gasteiger partial charge in [0.1, 0.15) is 5.76 Å². The lowest BCUT2D eigenvalue weighted by Crippen LogP contribution is -2.02. The largest absolute Gasteiger partial charge is 0.469 e. The molecular weight excluding hydrogens is 324 g/mol. The number of aromatic nitrogens is 2. The lowest BCUT2D eigenvalue weighted by molar-refractivity contribution is 0.102. The van der Waals surface area contributed by atoms with Gasteiger partial charge in [-0.15, -0.1) is 10.2 Å². The van der Waals surface area contributed by atoms with Crippen molar-refractivity contribution in [2.45, 2.75) is 12.1 Å². The van der Waals surface area contributed by atoms with Crippen LogP contribution in [0, 0.1) is 6.92 Å². The number of aryl methyl sites for hydroxylation is 1. The molecule has 0 bridgehead atoms. The molecule has 0 spiro atoms. The van der Waals surface area contributed by atoms with Gasteiger partial charge in [-0.25, -0.2) is 0 Å². The van der Waals surface area contributed by atoms with E-state index in [0.29, 0.717) is 27.5 Å². The van der Waals surface area contributed by atoms with Crippen molar-refractivity contribution in [2.24, 2.45) is 0 Å². The lowest BCUT2D eigenvalue weighted by atomic mass is 10.1. The Balaban J connectivity index is 1.68. The second-order valence-electron chi connectivity index (χ2n) is 4.46. The molecule has 0 aliphatic carbocycles. The summed E-state index contributed by atoms with van der Waals surface area (Å²) in [5.41, 5.74) is 1.24. The van der Waals surface area contributed by atoms with E-state index in [-0.39, 0.29) is 11.5 Å². The van der Waals surface area contributed by atoms with Crippen LogP contribution in [-0.4, -0.2) is 21.7 Å². The van der Waals surface area contributed by atoms with Crippen LogP contribution in [0.15, 0.2) is 50.7 Å². The van der Waals surface area contributed by atoms with Crippen molar-refractivity contribution in [1.82, 2.24) is 10.2 Å². The molecule has 3 aromatic rings. The number of carbonyl (C=O) groups is 1. The van der Waals surface area contributed by atoms with Gasteiger partial charge in [0.25, 0.3) is 11.1 Å². The van der Waals surface area contributed by atoms with Crippen LogP contribution in [0.3, 0.4) is 0 Å². The van der Waals surface area contributed by atoms with Crippen LogP contribution in [0.1, 0.15) is 16.1 Å². The number of hydrogen-bond acceptors (Lipinski definition) is 6. The van der Waals surface area contributed by atoms with Gasteiger partial charge in [0, 0.05) is 5.56 Å². The molecule has 0 saturated carbocycles. The van der Waals surface area contributed by atoms with Gasteiger partial charge in [-0.2, -0.15) is 0 Å². The highest BCUT2D eigenvalue weighted by atomic mass is 35.5. The van der Waals surface area contributed by atoms with Gasteiger partial charge in [0.05, 0.1) is 22.6 Å². The maximum atomic E-state index is 12.1. The van der Waals surface area contributed by atoms with Crippen molar-refractivity contribution in [2.75, 3.05) is 5.75 Å². The number of ketones is 1. The molecular formula is C15H11ClN2O3S. The van der Waals surface area contributed by atoms with Crippen molar-refractivity contribution in [3.63, 3.8) is 0 Å². The topological polar surface area (TPSA) is 69.1 Å². The van der Waals surface area contributed by atoms with E-state index in [2.05, 4.69) is 10.2 Å². The Kier molecular flexibility index (Phi) is 4.31. The minimum Gasteiger partial charge on any atom is -0.469 e. The molecule has 0 radical (unpaired) electrons. The van der Waals surface area contributed by atoms with Crippen LogP contribution in [0.5, 0.6) is 0 Å². The summed E-state index contributed by atoms with van der Waals surface area (Å²) in [5, 5.41) is 8.64. The zero-order valence-electron chi connectivity index (χ0n) is 11.6. The Labute approximate surface area is 135 Å². The predicted octanol–water partition coefficient (Wildman–Crippen LogP) is 4.27. The maximum absolute atomic E-state index is 12.1. The average Bonchev–Trinajstić information content (AvgIpc) is 3.13. The molecule has 2 heterocycles. The van der Waals surface area contributed by atoms with Crippen LogP contribution < -0.4 is 0 Å². The standard InChI is InChI=1S/C15H11ClN2O3S/c1-9-10(6-7-20-9)14-17-18-15(21-14)22-8-13(19)11-4-2-3-5-12(11)16/h2-7H,8H2,1H3. The first kappa shape index (κ1) is 14.9. The number of carbonyl (C=O) groups excluding carboxylic acids is 1. The van der Waals surface area contributed by atoms with E-state index < -0.39 is 0 Å². The molecule has 0 amide bonds. The Morgan fingerprint density at radius 1 is 1.27 bits per heavy atom. The average molecular weight is 335 g/mol. The van der Waals surface area contributed by atoms with Crippen molar-refractivity contribution in [3.8, 4) is 11.5 Å². The number of nitrogens with zero attached hydrogens (tertiary/aromatic N) is 2. The summed E-state index contributed by atoms with van der Waals surface area (Å²) < 4.78 is 10.7. The zero-order chi connectivity index (χ0) is 15.5. The van der Waals surface area contributed by atoms with E-state index in [0.717, 1.165) is 5.56 Å². The van der Waals surface area contributed by atoms with Gasteiger partial charge in [-0.3, -0.25) is 4.79 Å². The number of rotatable bonds is 5. The summed E-state index contributed by atoms with van der Waals surface area (Å²) in [6, 6.07) is 8.69. The SMILES string of the molecule is Cc1occc1-c1nnc(SCC(=O)c2ccccc2Cl)o1. The van der Waals surface area contributed by atoms with Crippen LogP contribution in [0.2, 0.25) is 5.02 Å². The molecule has 0 N–H and O–H groups in total. The van der Waals surface area contributed by atoms with Gasteiger partial charge < -0.3 is 8.83 Å². The molecule has 5 nitrogen and oxygen atoms in total. The molecule has 112 valence electrons. The molecule has 2 aromatic heterocycles. The molecule has 0 atom stereocenters. The fourth-order valence-corrected chi connectivity index (χ4v) is 2.76. The molecule has 1 aromatic carbocycles. The number of hydrogen-bond donors (Lipinski definition) is 0. The third kappa shape index (κ3) is 3.08. The molecule has 7 heteroatoms. The summed E-state index contributed by atoms with van der Waals surface area (Å²) >= 11 is 7.17.